The minimum atomic E-state index is -0.477. The van der Waals surface area contributed by atoms with E-state index in [1.54, 1.807) is 19.2 Å². The van der Waals surface area contributed by atoms with Gasteiger partial charge in [-0.25, -0.2) is 0 Å². The fourth-order valence-corrected chi connectivity index (χ4v) is 1.84. The van der Waals surface area contributed by atoms with Gasteiger partial charge < -0.3 is 10.1 Å². The van der Waals surface area contributed by atoms with E-state index in [9.17, 15) is 10.1 Å². The second-order valence-electron chi connectivity index (χ2n) is 4.34. The first-order chi connectivity index (χ1) is 8.47. The Morgan fingerprint density at radius 3 is 2.67 bits per heavy atom. The Bertz CT molecular complexity index is 424. The Labute approximate surface area is 111 Å². The van der Waals surface area contributed by atoms with E-state index < -0.39 is 4.92 Å². The van der Waals surface area contributed by atoms with E-state index in [1.807, 2.05) is 13.8 Å². The number of nitrogens with zero attached hydrogens (tertiary/aromatic N) is 1. The fourth-order valence-electron chi connectivity index (χ4n) is 1.60. The number of nitrogens with one attached hydrogen (secondary N) is 1. The van der Waals surface area contributed by atoms with Crippen molar-refractivity contribution >= 4 is 23.0 Å². The lowest BCUT2D eigenvalue weighted by Crippen LogP contribution is -2.30. The number of benzene rings is 1. The van der Waals surface area contributed by atoms with Gasteiger partial charge in [0, 0.05) is 7.11 Å². The molecular formula is C12H17ClN2O3. The van der Waals surface area contributed by atoms with Crippen LogP contribution in [0.2, 0.25) is 5.02 Å². The third-order valence-corrected chi connectivity index (χ3v) is 2.97. The Hall–Kier alpha value is -1.33. The van der Waals surface area contributed by atoms with Crippen LogP contribution in [-0.4, -0.2) is 24.7 Å². The van der Waals surface area contributed by atoms with E-state index >= 15 is 0 Å². The van der Waals surface area contributed by atoms with E-state index in [2.05, 4.69) is 5.32 Å². The molecule has 0 saturated heterocycles. The lowest BCUT2D eigenvalue weighted by atomic mass is 10.0. The molecule has 100 valence electrons. The van der Waals surface area contributed by atoms with Crippen molar-refractivity contribution < 1.29 is 9.66 Å². The number of hydrogen-bond acceptors (Lipinski definition) is 4. The molecule has 0 amide bonds. The number of nitro groups is 1. The zero-order valence-corrected chi connectivity index (χ0v) is 11.4. The summed E-state index contributed by atoms with van der Waals surface area (Å²) in [6.07, 6.45) is 0. The van der Waals surface area contributed by atoms with Crippen LogP contribution in [0.25, 0.3) is 0 Å². The van der Waals surface area contributed by atoms with E-state index in [0.717, 1.165) is 0 Å². The van der Waals surface area contributed by atoms with E-state index in [1.165, 1.54) is 6.07 Å². The van der Waals surface area contributed by atoms with E-state index in [4.69, 9.17) is 16.3 Å². The summed E-state index contributed by atoms with van der Waals surface area (Å²) in [6.45, 7) is 4.52. The Kier molecular flexibility index (Phi) is 5.37. The Morgan fingerprint density at radius 1 is 1.50 bits per heavy atom. The quantitative estimate of drug-likeness (QED) is 0.637. The average molecular weight is 273 g/mol. The molecule has 0 aliphatic heterocycles. The largest absolute Gasteiger partial charge is 0.383 e. The maximum Gasteiger partial charge on any atom is 0.310 e. The summed E-state index contributed by atoms with van der Waals surface area (Å²) in [5.74, 6) is 0.281. The molecule has 0 aromatic heterocycles. The molecule has 1 aromatic carbocycles. The summed E-state index contributed by atoms with van der Waals surface area (Å²) in [5, 5.41) is 14.3. The first-order valence-electron chi connectivity index (χ1n) is 5.65. The molecule has 0 bridgehead atoms. The second kappa shape index (κ2) is 6.56. The van der Waals surface area contributed by atoms with Crippen LogP contribution in [0.5, 0.6) is 0 Å². The monoisotopic (exact) mass is 272 g/mol. The second-order valence-corrected chi connectivity index (χ2v) is 4.75. The number of nitro benzene ring substituents is 1. The molecule has 0 spiro atoms. The molecule has 0 aliphatic carbocycles. The molecule has 6 heteroatoms. The van der Waals surface area contributed by atoms with Crippen molar-refractivity contribution in [3.05, 3.63) is 33.3 Å². The van der Waals surface area contributed by atoms with Gasteiger partial charge in [-0.2, -0.15) is 0 Å². The van der Waals surface area contributed by atoms with Gasteiger partial charge in [-0.05, 0) is 18.1 Å². The molecule has 0 saturated carbocycles. The van der Waals surface area contributed by atoms with Crippen molar-refractivity contribution in [2.75, 3.05) is 19.0 Å². The maximum atomic E-state index is 11.0. The molecule has 1 aromatic rings. The molecule has 18 heavy (non-hydrogen) atoms. The van der Waals surface area contributed by atoms with Crippen molar-refractivity contribution in [2.24, 2.45) is 5.92 Å². The minimum absolute atomic E-state index is 0.00725. The minimum Gasteiger partial charge on any atom is -0.383 e. The van der Waals surface area contributed by atoms with Crippen LogP contribution in [0.4, 0.5) is 11.4 Å². The molecule has 1 unspecified atom stereocenters. The van der Waals surface area contributed by atoms with Gasteiger partial charge in [-0.3, -0.25) is 10.1 Å². The average Bonchev–Trinajstić information content (AvgIpc) is 2.27. The molecule has 0 heterocycles. The lowest BCUT2D eigenvalue weighted by molar-refractivity contribution is -0.383. The summed E-state index contributed by atoms with van der Waals surface area (Å²) < 4.78 is 5.10. The molecule has 0 fully saturated rings. The zero-order valence-electron chi connectivity index (χ0n) is 10.6. The highest BCUT2D eigenvalue weighted by Gasteiger charge is 2.22. The normalized spacial score (nSPS) is 12.5. The number of rotatable bonds is 6. The topological polar surface area (TPSA) is 64.4 Å². The highest BCUT2D eigenvalue weighted by atomic mass is 35.5. The third kappa shape index (κ3) is 3.58. The molecule has 1 atom stereocenters. The predicted molar refractivity (Wildman–Crippen MR) is 72.2 cm³/mol. The van der Waals surface area contributed by atoms with Crippen molar-refractivity contribution in [3.63, 3.8) is 0 Å². The van der Waals surface area contributed by atoms with Gasteiger partial charge in [0.2, 0.25) is 0 Å². The van der Waals surface area contributed by atoms with Gasteiger partial charge in [0.15, 0.2) is 0 Å². The zero-order chi connectivity index (χ0) is 13.7. The van der Waals surface area contributed by atoms with Crippen LogP contribution in [-0.2, 0) is 4.74 Å². The lowest BCUT2D eigenvalue weighted by Gasteiger charge is -2.22. The van der Waals surface area contributed by atoms with E-state index in [-0.39, 0.29) is 22.7 Å². The van der Waals surface area contributed by atoms with Gasteiger partial charge in [0.05, 0.1) is 17.6 Å². The first kappa shape index (κ1) is 14.7. The summed E-state index contributed by atoms with van der Waals surface area (Å²) >= 11 is 5.85. The van der Waals surface area contributed by atoms with Crippen LogP contribution in [0, 0.1) is 16.0 Å². The first-order valence-corrected chi connectivity index (χ1v) is 6.03. The highest BCUT2D eigenvalue weighted by Crippen LogP contribution is 2.33. The number of para-hydroxylation sites is 1. The third-order valence-electron chi connectivity index (χ3n) is 2.66. The van der Waals surface area contributed by atoms with Crippen molar-refractivity contribution in [1.29, 1.82) is 0 Å². The molecule has 0 aliphatic rings. The van der Waals surface area contributed by atoms with Crippen LogP contribution in [0.15, 0.2) is 18.2 Å². The standard InChI is InChI=1S/C12H17ClN2O3/c1-8(2)11(7-18-3)14-10-6-4-5-9(13)12(10)15(16)17/h4-6,8,11,14H,7H2,1-3H3. The van der Waals surface area contributed by atoms with Crippen LogP contribution >= 0.6 is 11.6 Å². The summed E-state index contributed by atoms with van der Waals surface area (Å²) in [5.41, 5.74) is 0.323. The maximum absolute atomic E-state index is 11.0. The van der Waals surface area contributed by atoms with Gasteiger partial charge in [0.1, 0.15) is 10.7 Å². The number of methoxy groups -OCH3 is 1. The Balaban J connectivity index is 3.02. The Morgan fingerprint density at radius 2 is 2.17 bits per heavy atom. The van der Waals surface area contributed by atoms with Crippen LogP contribution in [0.3, 0.4) is 0 Å². The summed E-state index contributed by atoms with van der Waals surface area (Å²) in [6, 6.07) is 4.83. The fraction of sp³-hybridized carbons (Fsp3) is 0.500. The smallest absolute Gasteiger partial charge is 0.310 e. The molecule has 1 N–H and O–H groups in total. The molecular weight excluding hydrogens is 256 g/mol. The van der Waals surface area contributed by atoms with Gasteiger partial charge in [0.25, 0.3) is 0 Å². The number of hydrogen-bond donors (Lipinski definition) is 1. The molecule has 0 radical (unpaired) electrons. The van der Waals surface area contributed by atoms with Crippen molar-refractivity contribution in [3.8, 4) is 0 Å². The highest BCUT2D eigenvalue weighted by molar-refractivity contribution is 6.33. The number of anilines is 1. The van der Waals surface area contributed by atoms with Gasteiger partial charge in [-0.1, -0.05) is 31.5 Å². The number of halogens is 1. The summed E-state index contributed by atoms with van der Waals surface area (Å²) in [4.78, 5) is 10.5. The van der Waals surface area contributed by atoms with Crippen molar-refractivity contribution in [1.82, 2.24) is 0 Å². The molecule has 5 nitrogen and oxygen atoms in total. The molecule has 1 rings (SSSR count). The van der Waals surface area contributed by atoms with Gasteiger partial charge >= 0.3 is 5.69 Å². The van der Waals surface area contributed by atoms with Crippen LogP contribution in [0.1, 0.15) is 13.8 Å². The van der Waals surface area contributed by atoms with E-state index in [0.29, 0.717) is 12.3 Å². The number of ether oxygens (including phenoxy) is 1. The van der Waals surface area contributed by atoms with Crippen LogP contribution < -0.4 is 5.32 Å². The summed E-state index contributed by atoms with van der Waals surface area (Å²) in [7, 11) is 1.60. The van der Waals surface area contributed by atoms with Crippen molar-refractivity contribution in [2.45, 2.75) is 19.9 Å². The SMILES string of the molecule is COCC(Nc1cccc(Cl)c1[N+](=O)[O-])C(C)C. The predicted octanol–water partition coefficient (Wildman–Crippen LogP) is 3.33. The van der Waals surface area contributed by atoms with Gasteiger partial charge in [-0.15, -0.1) is 0 Å².